The summed E-state index contributed by atoms with van der Waals surface area (Å²) in [5.41, 5.74) is 0. The maximum Gasteiger partial charge on any atom is 0.0786 e. The zero-order valence-corrected chi connectivity index (χ0v) is 15.6. The summed E-state index contributed by atoms with van der Waals surface area (Å²) in [7, 11) is 0. The Morgan fingerprint density at radius 3 is 1.05 bits per heavy atom. The molecular weight excluding hydrogens is 298 g/mol. The fourth-order valence-corrected chi connectivity index (χ4v) is 2.90. The Balaban J connectivity index is 0. The first kappa shape index (κ1) is 21.7. The second-order valence-corrected chi connectivity index (χ2v) is 5.95. The summed E-state index contributed by atoms with van der Waals surface area (Å²) in [4.78, 5) is 0. The number of nitrogens with zero attached hydrogens (tertiary/aromatic N) is 1. The number of rotatable bonds is 13. The Labute approximate surface area is 133 Å². The van der Waals surface area contributed by atoms with Crippen molar-refractivity contribution in [1.29, 1.82) is 0 Å². The topological polar surface area (TPSA) is 0 Å². The Bertz CT molecular complexity index is 144. The van der Waals surface area contributed by atoms with Crippen molar-refractivity contribution in [2.75, 3.05) is 26.2 Å². The Morgan fingerprint density at radius 2 is 0.842 bits per heavy atom. The van der Waals surface area contributed by atoms with Gasteiger partial charge in [0.2, 0.25) is 0 Å². The van der Waals surface area contributed by atoms with E-state index in [0.717, 1.165) is 0 Å². The van der Waals surface area contributed by atoms with Gasteiger partial charge in [0.05, 0.1) is 26.2 Å². The van der Waals surface area contributed by atoms with E-state index in [1.165, 1.54) is 88.4 Å². The minimum Gasteiger partial charge on any atom is -1.00 e. The van der Waals surface area contributed by atoms with Gasteiger partial charge in [-0.15, -0.1) is 0 Å². The summed E-state index contributed by atoms with van der Waals surface area (Å²) in [6.45, 7) is 15.0. The Morgan fingerprint density at radius 1 is 0.526 bits per heavy atom. The van der Waals surface area contributed by atoms with Crippen molar-refractivity contribution >= 4 is 0 Å². The largest absolute Gasteiger partial charge is 1.00 e. The maximum atomic E-state index is 2.41. The highest BCUT2D eigenvalue weighted by Crippen LogP contribution is 2.15. The SMILES string of the molecule is CCCCC[N+](CC)(CCCCC)CCCCC.[Br-]. The predicted octanol–water partition coefficient (Wildman–Crippen LogP) is 2.40. The molecule has 0 aliphatic rings. The first-order valence-corrected chi connectivity index (χ1v) is 8.59. The second kappa shape index (κ2) is 14.8. The fourth-order valence-electron chi connectivity index (χ4n) is 2.90. The summed E-state index contributed by atoms with van der Waals surface area (Å²) in [6, 6.07) is 0. The molecule has 2 heteroatoms. The van der Waals surface area contributed by atoms with Gasteiger partial charge in [0, 0.05) is 0 Å². The quantitative estimate of drug-likeness (QED) is 0.358. The Kier molecular flexibility index (Phi) is 17.0. The van der Waals surface area contributed by atoms with Gasteiger partial charge in [-0.05, 0) is 45.4 Å². The van der Waals surface area contributed by atoms with Crippen molar-refractivity contribution in [2.24, 2.45) is 0 Å². The van der Waals surface area contributed by atoms with Gasteiger partial charge in [-0.3, -0.25) is 0 Å². The van der Waals surface area contributed by atoms with Crippen LogP contribution in [0.5, 0.6) is 0 Å². The third kappa shape index (κ3) is 10.8. The lowest BCUT2D eigenvalue weighted by Crippen LogP contribution is -3.00. The Hall–Kier alpha value is 0.440. The summed E-state index contributed by atoms with van der Waals surface area (Å²) in [6.07, 6.45) is 12.6. The summed E-state index contributed by atoms with van der Waals surface area (Å²) in [5.74, 6) is 0. The monoisotopic (exact) mass is 335 g/mol. The van der Waals surface area contributed by atoms with Crippen LogP contribution >= 0.6 is 0 Å². The molecule has 0 aromatic rings. The summed E-state index contributed by atoms with van der Waals surface area (Å²) < 4.78 is 1.40. The number of quaternary nitrogens is 1. The van der Waals surface area contributed by atoms with Crippen LogP contribution in [0, 0.1) is 0 Å². The normalized spacial score (nSPS) is 11.4. The molecule has 118 valence electrons. The summed E-state index contributed by atoms with van der Waals surface area (Å²) in [5, 5.41) is 0. The zero-order valence-electron chi connectivity index (χ0n) is 14.0. The third-order valence-electron chi connectivity index (χ3n) is 4.38. The standard InChI is InChI=1S/C17H38N.BrH/c1-5-9-12-15-18(8-4,16-13-10-6-2)17-14-11-7-3;/h5-17H2,1-4H3;1H/q+1;/p-1. The van der Waals surface area contributed by atoms with Crippen LogP contribution in [-0.4, -0.2) is 30.7 Å². The minimum atomic E-state index is 0. The molecule has 0 spiro atoms. The van der Waals surface area contributed by atoms with Crippen molar-refractivity contribution in [3.8, 4) is 0 Å². The molecule has 0 heterocycles. The molecule has 0 unspecified atom stereocenters. The highest BCUT2D eigenvalue weighted by Gasteiger charge is 2.23. The smallest absolute Gasteiger partial charge is 0.0786 e. The molecule has 0 aliphatic heterocycles. The van der Waals surface area contributed by atoms with Gasteiger partial charge in [-0.25, -0.2) is 0 Å². The molecule has 0 saturated carbocycles. The number of unbranched alkanes of at least 4 members (excludes halogenated alkanes) is 6. The maximum absolute atomic E-state index is 2.41. The lowest BCUT2D eigenvalue weighted by atomic mass is 10.1. The minimum absolute atomic E-state index is 0. The van der Waals surface area contributed by atoms with Crippen molar-refractivity contribution in [1.82, 2.24) is 0 Å². The van der Waals surface area contributed by atoms with Gasteiger partial charge in [-0.1, -0.05) is 40.0 Å². The van der Waals surface area contributed by atoms with Crippen LogP contribution in [0.2, 0.25) is 0 Å². The molecule has 0 atom stereocenters. The van der Waals surface area contributed by atoms with Crippen LogP contribution in [0.3, 0.4) is 0 Å². The van der Waals surface area contributed by atoms with E-state index in [1.54, 1.807) is 0 Å². The number of halogens is 1. The van der Waals surface area contributed by atoms with E-state index in [0.29, 0.717) is 0 Å². The van der Waals surface area contributed by atoms with Crippen LogP contribution in [0.1, 0.15) is 85.5 Å². The first-order chi connectivity index (χ1) is 8.74. The van der Waals surface area contributed by atoms with E-state index in [9.17, 15) is 0 Å². The van der Waals surface area contributed by atoms with Gasteiger partial charge in [-0.2, -0.15) is 0 Å². The molecule has 19 heavy (non-hydrogen) atoms. The van der Waals surface area contributed by atoms with Gasteiger partial charge in [0.25, 0.3) is 0 Å². The fraction of sp³-hybridized carbons (Fsp3) is 1.00. The number of hydrogen-bond acceptors (Lipinski definition) is 0. The van der Waals surface area contributed by atoms with E-state index < -0.39 is 0 Å². The van der Waals surface area contributed by atoms with E-state index in [1.807, 2.05) is 0 Å². The van der Waals surface area contributed by atoms with Crippen LogP contribution in [0.4, 0.5) is 0 Å². The molecule has 0 N–H and O–H groups in total. The molecular formula is C17H38BrN. The third-order valence-corrected chi connectivity index (χ3v) is 4.38. The molecule has 0 radical (unpaired) electrons. The van der Waals surface area contributed by atoms with Gasteiger partial charge >= 0.3 is 0 Å². The molecule has 0 aromatic heterocycles. The highest BCUT2D eigenvalue weighted by atomic mass is 79.9. The average Bonchev–Trinajstić information content (AvgIpc) is 2.39. The van der Waals surface area contributed by atoms with E-state index in [2.05, 4.69) is 27.7 Å². The van der Waals surface area contributed by atoms with Gasteiger partial charge in [0.15, 0.2) is 0 Å². The second-order valence-electron chi connectivity index (χ2n) is 5.95. The molecule has 0 aromatic carbocycles. The van der Waals surface area contributed by atoms with Crippen molar-refractivity contribution < 1.29 is 21.5 Å². The van der Waals surface area contributed by atoms with Crippen LogP contribution in [0.25, 0.3) is 0 Å². The molecule has 0 saturated heterocycles. The highest BCUT2D eigenvalue weighted by molar-refractivity contribution is 4.49. The predicted molar refractivity (Wildman–Crippen MR) is 84.0 cm³/mol. The average molecular weight is 336 g/mol. The van der Waals surface area contributed by atoms with Crippen molar-refractivity contribution in [3.63, 3.8) is 0 Å². The van der Waals surface area contributed by atoms with Crippen LogP contribution in [0.15, 0.2) is 0 Å². The summed E-state index contributed by atoms with van der Waals surface area (Å²) >= 11 is 0. The molecule has 0 bridgehead atoms. The van der Waals surface area contributed by atoms with Crippen LogP contribution in [-0.2, 0) is 0 Å². The molecule has 0 fully saturated rings. The molecule has 0 amide bonds. The van der Waals surface area contributed by atoms with Crippen molar-refractivity contribution in [3.05, 3.63) is 0 Å². The first-order valence-electron chi connectivity index (χ1n) is 8.59. The zero-order chi connectivity index (χ0) is 13.7. The van der Waals surface area contributed by atoms with E-state index in [4.69, 9.17) is 0 Å². The lowest BCUT2D eigenvalue weighted by molar-refractivity contribution is -0.927. The molecule has 0 rings (SSSR count). The van der Waals surface area contributed by atoms with Gasteiger partial charge < -0.3 is 21.5 Å². The van der Waals surface area contributed by atoms with Crippen molar-refractivity contribution in [2.45, 2.75) is 85.5 Å². The van der Waals surface area contributed by atoms with E-state index in [-0.39, 0.29) is 17.0 Å². The number of hydrogen-bond donors (Lipinski definition) is 0. The van der Waals surface area contributed by atoms with Crippen LogP contribution < -0.4 is 17.0 Å². The lowest BCUT2D eigenvalue weighted by Gasteiger charge is -2.38. The van der Waals surface area contributed by atoms with E-state index >= 15 is 0 Å². The molecule has 0 aliphatic carbocycles. The molecule has 1 nitrogen and oxygen atoms in total. The van der Waals surface area contributed by atoms with Gasteiger partial charge in [0.1, 0.15) is 0 Å².